The first-order chi connectivity index (χ1) is 11.0. The third-order valence-electron chi connectivity index (χ3n) is 4.04. The summed E-state index contributed by atoms with van der Waals surface area (Å²) < 4.78 is 2.84. The Kier molecular flexibility index (Phi) is 5.40. The van der Waals surface area contributed by atoms with Crippen LogP contribution < -0.4 is 5.32 Å². The number of amides is 1. The minimum absolute atomic E-state index is 0.0848. The number of aliphatic imine (C=N–C) groups is 1. The molecule has 3 rings (SSSR count). The van der Waals surface area contributed by atoms with Crippen molar-refractivity contribution in [2.24, 2.45) is 4.99 Å². The van der Waals surface area contributed by atoms with Crippen LogP contribution >= 0.6 is 47.8 Å². The van der Waals surface area contributed by atoms with Crippen LogP contribution in [0.3, 0.4) is 0 Å². The standard InChI is InChI=1S/C16H15Br3N2O2/c17-12-9-3-1-2-8-6-10(9)15(14(19)13(12)18)21-11(7-8)16(23)20-4-5-22/h7,22H,1-6H2,(H,20,23). The fraction of sp³-hybridized carbons (Fsp3) is 0.375. The largest absolute Gasteiger partial charge is 0.395 e. The number of carbonyl (C=O) groups is 1. The van der Waals surface area contributed by atoms with E-state index < -0.39 is 0 Å². The summed E-state index contributed by atoms with van der Waals surface area (Å²) in [5, 5.41) is 11.6. The molecule has 1 aromatic rings. The highest BCUT2D eigenvalue weighted by molar-refractivity contribution is 9.14. The maximum absolute atomic E-state index is 12.3. The van der Waals surface area contributed by atoms with Crippen molar-refractivity contribution in [1.29, 1.82) is 0 Å². The second-order valence-corrected chi connectivity index (χ2v) is 7.94. The van der Waals surface area contributed by atoms with Crippen molar-refractivity contribution < 1.29 is 9.90 Å². The number of carbonyl (C=O) groups excluding carboxylic acids is 1. The van der Waals surface area contributed by atoms with Gasteiger partial charge in [0.15, 0.2) is 0 Å². The first kappa shape index (κ1) is 17.3. The molecule has 23 heavy (non-hydrogen) atoms. The Labute approximate surface area is 159 Å². The molecule has 122 valence electrons. The van der Waals surface area contributed by atoms with Crippen molar-refractivity contribution in [2.75, 3.05) is 13.2 Å². The van der Waals surface area contributed by atoms with Crippen LogP contribution in [0, 0.1) is 0 Å². The molecule has 1 aromatic carbocycles. The molecule has 4 nitrogen and oxygen atoms in total. The summed E-state index contributed by atoms with van der Waals surface area (Å²) in [7, 11) is 0. The van der Waals surface area contributed by atoms with Gasteiger partial charge < -0.3 is 10.4 Å². The van der Waals surface area contributed by atoms with Crippen LogP contribution in [0.5, 0.6) is 0 Å². The lowest BCUT2D eigenvalue weighted by Gasteiger charge is -2.15. The predicted molar refractivity (Wildman–Crippen MR) is 101 cm³/mol. The van der Waals surface area contributed by atoms with Gasteiger partial charge in [-0.15, -0.1) is 0 Å². The minimum Gasteiger partial charge on any atom is -0.395 e. The molecule has 1 heterocycles. The highest BCUT2D eigenvalue weighted by atomic mass is 79.9. The summed E-state index contributed by atoms with van der Waals surface area (Å²) >= 11 is 10.9. The van der Waals surface area contributed by atoms with E-state index in [-0.39, 0.29) is 19.1 Å². The smallest absolute Gasteiger partial charge is 0.269 e. The molecule has 0 unspecified atom stereocenters. The van der Waals surface area contributed by atoms with E-state index in [0.29, 0.717) is 5.71 Å². The molecule has 0 atom stereocenters. The zero-order valence-electron chi connectivity index (χ0n) is 12.3. The Balaban J connectivity index is 2.17. The number of halogens is 3. The van der Waals surface area contributed by atoms with Gasteiger partial charge in [-0.05, 0) is 90.7 Å². The van der Waals surface area contributed by atoms with Crippen LogP contribution in [-0.4, -0.2) is 29.9 Å². The average molecular weight is 507 g/mol. The van der Waals surface area contributed by atoms with Crippen molar-refractivity contribution >= 4 is 65.1 Å². The average Bonchev–Trinajstić information content (AvgIpc) is 2.87. The molecule has 2 N–H and O–H groups in total. The van der Waals surface area contributed by atoms with Crippen LogP contribution in [0.4, 0.5) is 5.69 Å². The summed E-state index contributed by atoms with van der Waals surface area (Å²) in [4.78, 5) is 16.9. The molecule has 1 aliphatic heterocycles. The second-order valence-electron chi connectivity index (χ2n) is 5.56. The lowest BCUT2D eigenvalue weighted by atomic mass is 10.00. The highest BCUT2D eigenvalue weighted by Crippen LogP contribution is 2.47. The lowest BCUT2D eigenvalue weighted by Crippen LogP contribution is -2.32. The molecule has 0 fully saturated rings. The molecule has 7 heteroatoms. The molecule has 0 spiro atoms. The Morgan fingerprint density at radius 1 is 1.17 bits per heavy atom. The van der Waals surface area contributed by atoms with E-state index in [1.807, 2.05) is 6.08 Å². The van der Waals surface area contributed by atoms with Gasteiger partial charge in [0.25, 0.3) is 5.91 Å². The molecule has 1 amide bonds. The van der Waals surface area contributed by atoms with Gasteiger partial charge in [-0.1, -0.05) is 5.57 Å². The van der Waals surface area contributed by atoms with E-state index >= 15 is 0 Å². The SMILES string of the molecule is O=C(NCCO)C1=Nc2c(Br)c(Br)c(Br)c3c2CC(=C1)CCC3. The van der Waals surface area contributed by atoms with Gasteiger partial charge in [0, 0.05) is 15.5 Å². The minimum atomic E-state index is -0.252. The fourth-order valence-electron chi connectivity index (χ4n) is 2.96. The number of aliphatic hydroxyl groups is 1. The van der Waals surface area contributed by atoms with E-state index in [9.17, 15) is 4.79 Å². The van der Waals surface area contributed by atoms with Crippen LogP contribution in [0.15, 0.2) is 30.1 Å². The molecule has 0 saturated heterocycles. The van der Waals surface area contributed by atoms with Gasteiger partial charge in [0.05, 0.1) is 16.8 Å². The Morgan fingerprint density at radius 2 is 1.96 bits per heavy atom. The van der Waals surface area contributed by atoms with E-state index in [2.05, 4.69) is 58.1 Å². The van der Waals surface area contributed by atoms with Gasteiger partial charge in [0.2, 0.25) is 0 Å². The maximum atomic E-state index is 12.3. The van der Waals surface area contributed by atoms with E-state index in [1.54, 1.807) is 0 Å². The topological polar surface area (TPSA) is 61.7 Å². The number of hydrogen-bond donors (Lipinski definition) is 2. The predicted octanol–water partition coefficient (Wildman–Crippen LogP) is 3.97. The number of nitrogens with one attached hydrogen (secondary N) is 1. The molecular formula is C16H15Br3N2O2. The van der Waals surface area contributed by atoms with Gasteiger partial charge in [0.1, 0.15) is 5.71 Å². The van der Waals surface area contributed by atoms with Gasteiger partial charge >= 0.3 is 0 Å². The molecule has 1 aliphatic carbocycles. The summed E-state index contributed by atoms with van der Waals surface area (Å²) in [5.41, 5.74) is 4.88. The third-order valence-corrected chi connectivity index (χ3v) is 7.54. The van der Waals surface area contributed by atoms with Crippen LogP contribution in [0.1, 0.15) is 24.0 Å². The second kappa shape index (κ2) is 7.17. The number of nitrogens with zero attached hydrogens (tertiary/aromatic N) is 1. The van der Waals surface area contributed by atoms with E-state index in [0.717, 1.165) is 44.8 Å². The van der Waals surface area contributed by atoms with Crippen LogP contribution in [0.25, 0.3) is 0 Å². The Bertz CT molecular complexity index is 742. The van der Waals surface area contributed by atoms with Crippen molar-refractivity contribution in [2.45, 2.75) is 25.7 Å². The van der Waals surface area contributed by atoms with Crippen molar-refractivity contribution in [3.05, 3.63) is 36.2 Å². The van der Waals surface area contributed by atoms with Crippen molar-refractivity contribution in [3.63, 3.8) is 0 Å². The Morgan fingerprint density at radius 3 is 2.70 bits per heavy atom. The molecule has 0 radical (unpaired) electrons. The first-order valence-corrected chi connectivity index (χ1v) is 9.76. The van der Waals surface area contributed by atoms with Gasteiger partial charge in [-0.25, -0.2) is 4.99 Å². The summed E-state index contributed by atoms with van der Waals surface area (Å²) in [6.07, 6.45) is 5.72. The lowest BCUT2D eigenvalue weighted by molar-refractivity contribution is -0.114. The number of hydrogen-bond acceptors (Lipinski definition) is 3. The van der Waals surface area contributed by atoms with Crippen LogP contribution in [0.2, 0.25) is 0 Å². The fourth-order valence-corrected chi connectivity index (χ4v) is 4.82. The zero-order chi connectivity index (χ0) is 16.6. The summed E-state index contributed by atoms with van der Waals surface area (Å²) in [5.74, 6) is -0.252. The molecule has 2 bridgehead atoms. The first-order valence-electron chi connectivity index (χ1n) is 7.38. The zero-order valence-corrected chi connectivity index (χ0v) is 17.0. The normalized spacial score (nSPS) is 16.2. The monoisotopic (exact) mass is 504 g/mol. The number of allylic oxidation sites excluding steroid dienone is 1. The number of aliphatic hydroxyl groups excluding tert-OH is 1. The summed E-state index contributed by atoms with van der Waals surface area (Å²) in [6.45, 7) is 0.142. The Hall–Kier alpha value is -0.500. The maximum Gasteiger partial charge on any atom is 0.269 e. The van der Waals surface area contributed by atoms with Crippen LogP contribution in [-0.2, 0) is 17.6 Å². The van der Waals surface area contributed by atoms with Gasteiger partial charge in [-0.3, -0.25) is 4.79 Å². The molecular weight excluding hydrogens is 492 g/mol. The quantitative estimate of drug-likeness (QED) is 0.609. The number of benzene rings is 1. The van der Waals surface area contributed by atoms with E-state index in [1.165, 1.54) is 16.7 Å². The third kappa shape index (κ3) is 3.34. The highest BCUT2D eigenvalue weighted by Gasteiger charge is 2.26. The molecule has 0 aromatic heterocycles. The van der Waals surface area contributed by atoms with E-state index in [4.69, 9.17) is 5.11 Å². The molecule has 2 aliphatic rings. The number of fused-ring (bicyclic) bond motifs is 1. The van der Waals surface area contributed by atoms with Crippen molar-refractivity contribution in [3.8, 4) is 0 Å². The van der Waals surface area contributed by atoms with Crippen molar-refractivity contribution in [1.82, 2.24) is 5.32 Å². The summed E-state index contributed by atoms with van der Waals surface area (Å²) in [6, 6.07) is 0. The van der Waals surface area contributed by atoms with Gasteiger partial charge in [-0.2, -0.15) is 0 Å². The number of rotatable bonds is 3. The molecule has 0 saturated carbocycles.